The largest absolute Gasteiger partial charge is 0.496 e. The lowest BCUT2D eigenvalue weighted by atomic mass is 10.1. The van der Waals surface area contributed by atoms with Crippen molar-refractivity contribution in [3.63, 3.8) is 0 Å². The van der Waals surface area contributed by atoms with Crippen LogP contribution < -0.4 is 26.6 Å². The van der Waals surface area contributed by atoms with Gasteiger partial charge in [0.25, 0.3) is 5.56 Å². The molecule has 1 heterocycles. The van der Waals surface area contributed by atoms with E-state index in [1.807, 2.05) is 56.3 Å². The second-order valence-electron chi connectivity index (χ2n) is 9.70. The minimum atomic E-state index is -0.555. The summed E-state index contributed by atoms with van der Waals surface area (Å²) in [6.07, 6.45) is 1.19. The molecule has 2 N–H and O–H groups in total. The molecule has 0 bridgehead atoms. The predicted molar refractivity (Wildman–Crippen MR) is 156 cm³/mol. The molecular weight excluding hydrogens is 508 g/mol. The molecule has 9 nitrogen and oxygen atoms in total. The third kappa shape index (κ3) is 6.48. The maximum Gasteiger partial charge on any atom is 0.331 e. The van der Waals surface area contributed by atoms with Gasteiger partial charge in [-0.3, -0.25) is 23.5 Å². The number of aromatic nitrogens is 2. The fourth-order valence-corrected chi connectivity index (χ4v) is 4.74. The number of amides is 2. The zero-order chi connectivity index (χ0) is 28.6. The summed E-state index contributed by atoms with van der Waals surface area (Å²) in [7, 11) is 1.58. The van der Waals surface area contributed by atoms with E-state index in [0.717, 1.165) is 21.3 Å². The lowest BCUT2D eigenvalue weighted by Crippen LogP contribution is -2.41. The lowest BCUT2D eigenvalue weighted by molar-refractivity contribution is -0.121. The second kappa shape index (κ2) is 12.9. The third-order valence-corrected chi connectivity index (χ3v) is 6.88. The van der Waals surface area contributed by atoms with Crippen molar-refractivity contribution in [1.82, 2.24) is 14.5 Å². The Kier molecular flexibility index (Phi) is 9.16. The third-order valence-electron chi connectivity index (χ3n) is 6.88. The molecule has 0 unspecified atom stereocenters. The highest BCUT2D eigenvalue weighted by Gasteiger charge is 2.16. The standard InChI is InChI=1S/C31H34N4O5/c1-21-11-10-12-22(2)29(21)33-28(37)20-35-25-15-6-5-14-24(25)30(38)34(31(35)39)18-9-8-17-27(36)32-19-23-13-4-7-16-26(23)40-3/h4-7,10-16H,8-9,17-20H2,1-3H3,(H,32,36)(H,33,37). The summed E-state index contributed by atoms with van der Waals surface area (Å²) >= 11 is 0. The van der Waals surface area contributed by atoms with Gasteiger partial charge in [-0.15, -0.1) is 0 Å². The number of hydrogen-bond donors (Lipinski definition) is 2. The molecule has 1 aromatic heterocycles. The number of carbonyl (C=O) groups excluding carboxylic acids is 2. The van der Waals surface area contributed by atoms with E-state index in [-0.39, 0.29) is 31.3 Å². The Morgan fingerprint density at radius 2 is 1.52 bits per heavy atom. The Labute approximate surface area is 232 Å². The molecule has 4 rings (SSSR count). The van der Waals surface area contributed by atoms with Crippen LogP contribution in [0.15, 0.2) is 76.3 Å². The molecule has 0 radical (unpaired) electrons. The van der Waals surface area contributed by atoms with Gasteiger partial charge in [-0.1, -0.05) is 48.5 Å². The summed E-state index contributed by atoms with van der Waals surface area (Å²) in [5.41, 5.74) is 2.87. The number of ether oxygens (including phenoxy) is 1. The van der Waals surface area contributed by atoms with Gasteiger partial charge in [-0.2, -0.15) is 0 Å². The minimum Gasteiger partial charge on any atom is -0.496 e. The highest BCUT2D eigenvalue weighted by atomic mass is 16.5. The van der Waals surface area contributed by atoms with Crippen molar-refractivity contribution in [2.45, 2.75) is 52.7 Å². The Morgan fingerprint density at radius 3 is 2.27 bits per heavy atom. The Morgan fingerprint density at radius 1 is 0.825 bits per heavy atom. The second-order valence-corrected chi connectivity index (χ2v) is 9.70. The molecule has 208 valence electrons. The van der Waals surface area contributed by atoms with Gasteiger partial charge in [0.2, 0.25) is 11.8 Å². The first-order chi connectivity index (χ1) is 19.3. The average Bonchev–Trinajstić information content (AvgIpc) is 2.96. The first-order valence-electron chi connectivity index (χ1n) is 13.3. The van der Waals surface area contributed by atoms with Gasteiger partial charge in [-0.25, -0.2) is 4.79 Å². The molecule has 0 aliphatic rings. The van der Waals surface area contributed by atoms with E-state index >= 15 is 0 Å². The number of nitrogens with one attached hydrogen (secondary N) is 2. The molecule has 0 saturated heterocycles. The molecule has 40 heavy (non-hydrogen) atoms. The Hall–Kier alpha value is -4.66. The summed E-state index contributed by atoms with van der Waals surface area (Å²) in [5, 5.41) is 6.15. The number of para-hydroxylation sites is 3. The summed E-state index contributed by atoms with van der Waals surface area (Å²) in [4.78, 5) is 52.0. The number of fused-ring (bicyclic) bond motifs is 1. The first kappa shape index (κ1) is 28.4. The van der Waals surface area contributed by atoms with Gasteiger partial charge < -0.3 is 15.4 Å². The Bertz CT molecular complexity index is 1630. The van der Waals surface area contributed by atoms with Crippen molar-refractivity contribution >= 4 is 28.4 Å². The monoisotopic (exact) mass is 542 g/mol. The number of benzene rings is 3. The van der Waals surface area contributed by atoms with E-state index in [4.69, 9.17) is 4.74 Å². The van der Waals surface area contributed by atoms with Crippen LogP contribution in [0.4, 0.5) is 5.69 Å². The summed E-state index contributed by atoms with van der Waals surface area (Å²) < 4.78 is 7.80. The van der Waals surface area contributed by atoms with Crippen molar-refractivity contribution in [2.24, 2.45) is 0 Å². The SMILES string of the molecule is COc1ccccc1CNC(=O)CCCCn1c(=O)c2ccccc2n(CC(=O)Nc2c(C)cccc2C)c1=O. The minimum absolute atomic E-state index is 0.127. The molecule has 0 atom stereocenters. The molecular formula is C31H34N4O5. The maximum absolute atomic E-state index is 13.4. The van der Waals surface area contributed by atoms with Crippen molar-refractivity contribution in [3.8, 4) is 5.75 Å². The number of unbranched alkanes of at least 4 members (excludes halogenated alkanes) is 1. The number of carbonyl (C=O) groups is 2. The number of anilines is 1. The highest BCUT2D eigenvalue weighted by Crippen LogP contribution is 2.20. The number of aryl methyl sites for hydroxylation is 2. The first-order valence-corrected chi connectivity index (χ1v) is 13.3. The smallest absolute Gasteiger partial charge is 0.331 e. The van der Waals surface area contributed by atoms with E-state index in [9.17, 15) is 19.2 Å². The van der Waals surface area contributed by atoms with Crippen LogP contribution >= 0.6 is 0 Å². The van der Waals surface area contributed by atoms with E-state index < -0.39 is 11.2 Å². The van der Waals surface area contributed by atoms with E-state index in [0.29, 0.717) is 41.7 Å². The molecule has 0 spiro atoms. The van der Waals surface area contributed by atoms with Gasteiger partial charge in [0.1, 0.15) is 12.3 Å². The zero-order valence-electron chi connectivity index (χ0n) is 23.0. The van der Waals surface area contributed by atoms with Gasteiger partial charge in [0, 0.05) is 30.8 Å². The lowest BCUT2D eigenvalue weighted by Gasteiger charge is -2.15. The van der Waals surface area contributed by atoms with Crippen LogP contribution in [0.25, 0.3) is 10.9 Å². The maximum atomic E-state index is 13.4. The number of hydrogen-bond acceptors (Lipinski definition) is 5. The number of nitrogens with zero attached hydrogens (tertiary/aromatic N) is 2. The van der Waals surface area contributed by atoms with Crippen LogP contribution in [0.2, 0.25) is 0 Å². The van der Waals surface area contributed by atoms with Crippen LogP contribution in [-0.2, 0) is 29.2 Å². The zero-order valence-corrected chi connectivity index (χ0v) is 23.0. The molecule has 0 aliphatic carbocycles. The van der Waals surface area contributed by atoms with Crippen molar-refractivity contribution in [3.05, 3.63) is 104 Å². The van der Waals surface area contributed by atoms with Gasteiger partial charge in [0.05, 0.1) is 18.0 Å². The number of rotatable bonds is 11. The molecule has 9 heteroatoms. The molecule has 0 fully saturated rings. The molecule has 0 aliphatic heterocycles. The molecule has 3 aromatic carbocycles. The highest BCUT2D eigenvalue weighted by molar-refractivity contribution is 5.93. The van der Waals surface area contributed by atoms with Crippen LogP contribution in [0.5, 0.6) is 5.75 Å². The van der Waals surface area contributed by atoms with Crippen molar-refractivity contribution in [2.75, 3.05) is 12.4 Å². The van der Waals surface area contributed by atoms with Crippen LogP contribution in [-0.4, -0.2) is 28.1 Å². The predicted octanol–water partition coefficient (Wildman–Crippen LogP) is 3.91. The van der Waals surface area contributed by atoms with Gasteiger partial charge in [-0.05, 0) is 56.0 Å². The molecule has 4 aromatic rings. The van der Waals surface area contributed by atoms with Crippen LogP contribution in [0.3, 0.4) is 0 Å². The number of methoxy groups -OCH3 is 1. The Balaban J connectivity index is 1.44. The van der Waals surface area contributed by atoms with E-state index in [1.54, 1.807) is 31.4 Å². The molecule has 0 saturated carbocycles. The van der Waals surface area contributed by atoms with Crippen molar-refractivity contribution < 1.29 is 14.3 Å². The topological polar surface area (TPSA) is 111 Å². The van der Waals surface area contributed by atoms with Crippen LogP contribution in [0, 0.1) is 13.8 Å². The summed E-state index contributed by atoms with van der Waals surface area (Å²) in [6, 6.07) is 20.0. The van der Waals surface area contributed by atoms with E-state index in [1.165, 1.54) is 4.57 Å². The fraction of sp³-hybridized carbons (Fsp3) is 0.290. The van der Waals surface area contributed by atoms with Gasteiger partial charge in [0.15, 0.2) is 0 Å². The average molecular weight is 543 g/mol. The van der Waals surface area contributed by atoms with Crippen LogP contribution in [0.1, 0.15) is 36.0 Å². The van der Waals surface area contributed by atoms with E-state index in [2.05, 4.69) is 10.6 Å². The van der Waals surface area contributed by atoms with Gasteiger partial charge >= 0.3 is 5.69 Å². The normalized spacial score (nSPS) is 10.9. The fourth-order valence-electron chi connectivity index (χ4n) is 4.74. The summed E-state index contributed by atoms with van der Waals surface area (Å²) in [5.74, 6) is 0.219. The quantitative estimate of drug-likeness (QED) is 0.279. The summed E-state index contributed by atoms with van der Waals surface area (Å²) in [6.45, 7) is 4.06. The molecule has 2 amide bonds. The van der Waals surface area contributed by atoms with Crippen molar-refractivity contribution in [1.29, 1.82) is 0 Å².